The highest BCUT2D eigenvalue weighted by atomic mass is 16.5. The number of nitrogens with one attached hydrogen (secondary N) is 1. The summed E-state index contributed by atoms with van der Waals surface area (Å²) in [7, 11) is 0. The molecule has 0 aliphatic carbocycles. The van der Waals surface area contributed by atoms with Gasteiger partial charge in [-0.15, -0.1) is 0 Å². The first kappa shape index (κ1) is 16.8. The van der Waals surface area contributed by atoms with Crippen molar-refractivity contribution in [1.29, 1.82) is 0 Å². The number of likely N-dealkylation sites (tertiary alicyclic amines) is 1. The van der Waals surface area contributed by atoms with Crippen LogP contribution >= 0.6 is 0 Å². The molecule has 1 saturated heterocycles. The summed E-state index contributed by atoms with van der Waals surface area (Å²) < 4.78 is 5.24. The maximum atomic E-state index is 11.9. The van der Waals surface area contributed by atoms with Crippen molar-refractivity contribution in [1.82, 2.24) is 10.2 Å². The third-order valence-corrected chi connectivity index (χ3v) is 3.32. The summed E-state index contributed by atoms with van der Waals surface area (Å²) in [6.07, 6.45) is 2.28. The topological polar surface area (TPSA) is 78.9 Å². The molecule has 0 spiro atoms. The maximum Gasteiger partial charge on any atom is 0.329 e. The Hall–Kier alpha value is -1.30. The summed E-state index contributed by atoms with van der Waals surface area (Å²) in [5.74, 6) is -0.952. The number of hydrogen-bond donors (Lipinski definition) is 2. The van der Waals surface area contributed by atoms with E-state index in [1.54, 1.807) is 4.90 Å². The van der Waals surface area contributed by atoms with Crippen molar-refractivity contribution in [3.63, 3.8) is 0 Å². The molecule has 20 heavy (non-hydrogen) atoms. The van der Waals surface area contributed by atoms with Crippen LogP contribution in [0.4, 0.5) is 4.79 Å². The highest BCUT2D eigenvalue weighted by molar-refractivity contribution is 5.74. The van der Waals surface area contributed by atoms with Crippen molar-refractivity contribution in [2.45, 2.75) is 46.1 Å². The number of carbonyl (C=O) groups excluding carboxylic acids is 1. The van der Waals surface area contributed by atoms with Gasteiger partial charge in [-0.3, -0.25) is 0 Å². The normalized spacial score (nSPS) is 17.1. The van der Waals surface area contributed by atoms with Crippen molar-refractivity contribution in [2.24, 2.45) is 5.41 Å². The van der Waals surface area contributed by atoms with Crippen molar-refractivity contribution in [2.75, 3.05) is 26.2 Å². The van der Waals surface area contributed by atoms with E-state index in [1.165, 1.54) is 0 Å². The van der Waals surface area contributed by atoms with Crippen LogP contribution in [0.1, 0.15) is 40.0 Å². The van der Waals surface area contributed by atoms with Crippen molar-refractivity contribution in [3.05, 3.63) is 0 Å². The minimum Gasteiger partial charge on any atom is -0.480 e. The van der Waals surface area contributed by atoms with Gasteiger partial charge in [0.2, 0.25) is 0 Å². The molecule has 1 aliphatic rings. The molecule has 6 nitrogen and oxygen atoms in total. The molecule has 0 bridgehead atoms. The van der Waals surface area contributed by atoms with Crippen LogP contribution in [0.3, 0.4) is 0 Å². The zero-order chi connectivity index (χ0) is 15.2. The Kier molecular flexibility index (Phi) is 6.26. The zero-order valence-corrected chi connectivity index (χ0v) is 12.6. The SMILES string of the molecule is CC(C)(C)CCNC(=O)N1CCC(OCC(=O)O)CC1. The molecule has 0 aromatic carbocycles. The van der Waals surface area contributed by atoms with Gasteiger partial charge in [-0.2, -0.15) is 0 Å². The average molecular weight is 286 g/mol. The number of piperidine rings is 1. The Bertz CT molecular complexity index is 331. The molecule has 2 amide bonds. The molecule has 0 aromatic heterocycles. The second kappa shape index (κ2) is 7.47. The number of urea groups is 1. The fourth-order valence-electron chi connectivity index (χ4n) is 2.07. The van der Waals surface area contributed by atoms with Gasteiger partial charge < -0.3 is 20.1 Å². The summed E-state index contributed by atoms with van der Waals surface area (Å²) in [6, 6.07) is -0.0362. The first-order valence-corrected chi connectivity index (χ1v) is 7.14. The summed E-state index contributed by atoms with van der Waals surface area (Å²) in [4.78, 5) is 24.1. The fourth-order valence-corrected chi connectivity index (χ4v) is 2.07. The number of carboxylic acids is 1. The van der Waals surface area contributed by atoms with E-state index < -0.39 is 5.97 Å². The quantitative estimate of drug-likeness (QED) is 0.806. The number of amides is 2. The Morgan fingerprint density at radius 1 is 1.30 bits per heavy atom. The minimum absolute atomic E-state index is 0.0362. The number of hydrogen-bond acceptors (Lipinski definition) is 3. The maximum absolute atomic E-state index is 11.9. The molecule has 0 aromatic rings. The average Bonchev–Trinajstić information content (AvgIpc) is 2.35. The third kappa shape index (κ3) is 6.75. The Morgan fingerprint density at radius 3 is 2.40 bits per heavy atom. The number of nitrogens with zero attached hydrogens (tertiary/aromatic N) is 1. The van der Waals surface area contributed by atoms with E-state index in [0.29, 0.717) is 32.5 Å². The van der Waals surface area contributed by atoms with Crippen LogP contribution in [-0.4, -0.2) is 54.4 Å². The molecule has 1 fully saturated rings. The smallest absolute Gasteiger partial charge is 0.329 e. The van der Waals surface area contributed by atoms with Crippen LogP contribution in [0.25, 0.3) is 0 Å². The second-order valence-corrected chi connectivity index (χ2v) is 6.43. The lowest BCUT2D eigenvalue weighted by molar-refractivity contribution is -0.145. The minimum atomic E-state index is -0.952. The molecular formula is C14H26N2O4. The van der Waals surface area contributed by atoms with Gasteiger partial charge in [0, 0.05) is 19.6 Å². The summed E-state index contributed by atoms with van der Waals surface area (Å²) >= 11 is 0. The molecule has 6 heteroatoms. The van der Waals surface area contributed by atoms with Gasteiger partial charge in [0.05, 0.1) is 6.10 Å². The standard InChI is InChI=1S/C14H26N2O4/c1-14(2,3)6-7-15-13(19)16-8-4-11(5-9-16)20-10-12(17)18/h11H,4-10H2,1-3H3,(H,15,19)(H,17,18). The molecular weight excluding hydrogens is 260 g/mol. The summed E-state index contributed by atoms with van der Waals surface area (Å²) in [5, 5.41) is 11.5. The van der Waals surface area contributed by atoms with Crippen LogP contribution < -0.4 is 5.32 Å². The lowest BCUT2D eigenvalue weighted by Crippen LogP contribution is -2.46. The number of rotatable bonds is 5. The largest absolute Gasteiger partial charge is 0.480 e. The Morgan fingerprint density at radius 2 is 1.90 bits per heavy atom. The van der Waals surface area contributed by atoms with Crippen LogP contribution in [0, 0.1) is 5.41 Å². The van der Waals surface area contributed by atoms with Gasteiger partial charge in [-0.25, -0.2) is 9.59 Å². The first-order chi connectivity index (χ1) is 9.28. The predicted octanol–water partition coefficient (Wildman–Crippen LogP) is 1.70. The molecule has 116 valence electrons. The van der Waals surface area contributed by atoms with Gasteiger partial charge in [0.15, 0.2) is 0 Å². The predicted molar refractivity (Wildman–Crippen MR) is 75.7 cm³/mol. The summed E-state index contributed by atoms with van der Waals surface area (Å²) in [5.41, 5.74) is 0.213. The van der Waals surface area contributed by atoms with E-state index in [4.69, 9.17) is 9.84 Å². The molecule has 2 N–H and O–H groups in total. The van der Waals surface area contributed by atoms with Gasteiger partial charge in [0.1, 0.15) is 6.61 Å². The van der Waals surface area contributed by atoms with Crippen molar-refractivity contribution in [3.8, 4) is 0 Å². The first-order valence-electron chi connectivity index (χ1n) is 7.14. The van der Waals surface area contributed by atoms with E-state index >= 15 is 0 Å². The Balaban J connectivity index is 2.20. The lowest BCUT2D eigenvalue weighted by atomic mass is 9.92. The molecule has 1 aliphatic heterocycles. The number of ether oxygens (including phenoxy) is 1. The monoisotopic (exact) mass is 286 g/mol. The van der Waals surface area contributed by atoms with Crippen LogP contribution in [0.2, 0.25) is 0 Å². The fraction of sp³-hybridized carbons (Fsp3) is 0.857. The molecule has 0 atom stereocenters. The van der Waals surface area contributed by atoms with Gasteiger partial charge in [-0.05, 0) is 24.7 Å². The molecule has 0 saturated carbocycles. The summed E-state index contributed by atoms with van der Waals surface area (Å²) in [6.45, 7) is 8.08. The Labute approximate surface area is 120 Å². The second-order valence-electron chi connectivity index (χ2n) is 6.43. The van der Waals surface area contributed by atoms with E-state index in [2.05, 4.69) is 26.1 Å². The molecule has 1 heterocycles. The third-order valence-electron chi connectivity index (χ3n) is 3.32. The van der Waals surface area contributed by atoms with Crippen LogP contribution in [-0.2, 0) is 9.53 Å². The zero-order valence-electron chi connectivity index (χ0n) is 12.6. The van der Waals surface area contributed by atoms with Gasteiger partial charge in [-0.1, -0.05) is 20.8 Å². The highest BCUT2D eigenvalue weighted by Crippen LogP contribution is 2.17. The van der Waals surface area contributed by atoms with E-state index in [-0.39, 0.29) is 24.2 Å². The lowest BCUT2D eigenvalue weighted by Gasteiger charge is -2.32. The van der Waals surface area contributed by atoms with Crippen molar-refractivity contribution >= 4 is 12.0 Å². The van der Waals surface area contributed by atoms with Gasteiger partial charge >= 0.3 is 12.0 Å². The molecule has 0 unspecified atom stereocenters. The van der Waals surface area contributed by atoms with Crippen molar-refractivity contribution < 1.29 is 19.4 Å². The number of carboxylic acid groups (broad SMARTS) is 1. The molecule has 0 radical (unpaired) electrons. The van der Waals surface area contributed by atoms with E-state index in [1.807, 2.05) is 0 Å². The highest BCUT2D eigenvalue weighted by Gasteiger charge is 2.23. The van der Waals surface area contributed by atoms with Crippen LogP contribution in [0.15, 0.2) is 0 Å². The van der Waals surface area contributed by atoms with Crippen LogP contribution in [0.5, 0.6) is 0 Å². The number of carbonyl (C=O) groups is 2. The van der Waals surface area contributed by atoms with Gasteiger partial charge in [0.25, 0.3) is 0 Å². The molecule has 1 rings (SSSR count). The number of aliphatic carboxylic acids is 1. The van der Waals surface area contributed by atoms with E-state index in [9.17, 15) is 9.59 Å². The van der Waals surface area contributed by atoms with E-state index in [0.717, 1.165) is 6.42 Å².